The van der Waals surface area contributed by atoms with Crippen molar-refractivity contribution in [3.8, 4) is 11.3 Å². The number of rotatable bonds is 5. The molecule has 7 nitrogen and oxygen atoms in total. The van der Waals surface area contributed by atoms with Crippen LogP contribution in [0.15, 0.2) is 65.7 Å². The molecular weight excluding hydrogens is 332 g/mol. The second kappa shape index (κ2) is 7.52. The van der Waals surface area contributed by atoms with Crippen molar-refractivity contribution in [3.63, 3.8) is 0 Å². The van der Waals surface area contributed by atoms with Gasteiger partial charge in [0.25, 0.3) is 5.56 Å². The third-order valence-corrected chi connectivity index (χ3v) is 3.71. The molecule has 0 atom stereocenters. The zero-order chi connectivity index (χ0) is 18.5. The Hall–Kier alpha value is -3.61. The van der Waals surface area contributed by atoms with E-state index in [1.54, 1.807) is 54.9 Å². The number of nitrogens with zero attached hydrogens (tertiary/aromatic N) is 3. The van der Waals surface area contributed by atoms with Crippen molar-refractivity contribution in [2.45, 2.75) is 13.5 Å². The zero-order valence-corrected chi connectivity index (χ0v) is 14.0. The number of aromatic nitrogens is 3. The van der Waals surface area contributed by atoms with Crippen LogP contribution in [0.2, 0.25) is 0 Å². The number of Topliss-reactive ketones (excluding diaryl/α,β-unsaturated/α-hetero) is 1. The van der Waals surface area contributed by atoms with Gasteiger partial charge >= 0.3 is 0 Å². The SMILES string of the molecule is CC(=O)c1ccc(NC(=O)Cn2nc(-c3ccncc3)ccc2=O)cc1. The van der Waals surface area contributed by atoms with E-state index in [1.165, 1.54) is 13.0 Å². The van der Waals surface area contributed by atoms with E-state index in [2.05, 4.69) is 15.4 Å². The summed E-state index contributed by atoms with van der Waals surface area (Å²) in [4.78, 5) is 39.4. The van der Waals surface area contributed by atoms with Gasteiger partial charge in [-0.3, -0.25) is 19.4 Å². The number of ketones is 1. The first kappa shape index (κ1) is 17.2. The van der Waals surface area contributed by atoms with E-state index in [1.807, 2.05) is 0 Å². The van der Waals surface area contributed by atoms with Crippen molar-refractivity contribution in [1.82, 2.24) is 14.8 Å². The fourth-order valence-electron chi connectivity index (χ4n) is 2.36. The molecule has 1 aromatic carbocycles. The first-order valence-electron chi connectivity index (χ1n) is 7.92. The summed E-state index contributed by atoms with van der Waals surface area (Å²) in [6.07, 6.45) is 3.26. The molecule has 2 aromatic heterocycles. The molecule has 0 fully saturated rings. The molecule has 2 heterocycles. The summed E-state index contributed by atoms with van der Waals surface area (Å²) in [5.74, 6) is -0.436. The normalized spacial score (nSPS) is 10.3. The second-order valence-corrected chi connectivity index (χ2v) is 5.63. The summed E-state index contributed by atoms with van der Waals surface area (Å²) in [6, 6.07) is 13.1. The third-order valence-electron chi connectivity index (χ3n) is 3.71. The smallest absolute Gasteiger partial charge is 0.267 e. The van der Waals surface area contributed by atoms with Crippen LogP contribution in [0.1, 0.15) is 17.3 Å². The van der Waals surface area contributed by atoms with E-state index in [9.17, 15) is 14.4 Å². The topological polar surface area (TPSA) is 93.9 Å². The maximum atomic E-state index is 12.2. The average molecular weight is 348 g/mol. The average Bonchev–Trinajstić information content (AvgIpc) is 2.64. The number of anilines is 1. The van der Waals surface area contributed by atoms with Crippen molar-refractivity contribution >= 4 is 17.4 Å². The van der Waals surface area contributed by atoms with Gasteiger partial charge in [-0.1, -0.05) is 0 Å². The van der Waals surface area contributed by atoms with Crippen LogP contribution in [0, 0.1) is 0 Å². The fraction of sp³-hybridized carbons (Fsp3) is 0.105. The van der Waals surface area contributed by atoms with Gasteiger partial charge in [0.2, 0.25) is 5.91 Å². The van der Waals surface area contributed by atoms with Gasteiger partial charge < -0.3 is 5.32 Å². The van der Waals surface area contributed by atoms with Gasteiger partial charge in [0, 0.05) is 35.3 Å². The Morgan fingerprint density at radius 2 is 1.69 bits per heavy atom. The second-order valence-electron chi connectivity index (χ2n) is 5.63. The van der Waals surface area contributed by atoms with Crippen molar-refractivity contribution in [2.24, 2.45) is 0 Å². The summed E-state index contributed by atoms with van der Waals surface area (Å²) in [5.41, 5.74) is 2.11. The predicted molar refractivity (Wildman–Crippen MR) is 96.8 cm³/mol. The van der Waals surface area contributed by atoms with Crippen molar-refractivity contribution < 1.29 is 9.59 Å². The molecule has 3 rings (SSSR count). The van der Waals surface area contributed by atoms with Crippen molar-refractivity contribution in [1.29, 1.82) is 0 Å². The highest BCUT2D eigenvalue weighted by Gasteiger charge is 2.09. The summed E-state index contributed by atoms with van der Waals surface area (Å²) < 4.78 is 1.11. The van der Waals surface area contributed by atoms with Crippen LogP contribution in [0.5, 0.6) is 0 Å². The van der Waals surface area contributed by atoms with Crippen LogP contribution in [0.4, 0.5) is 5.69 Å². The third kappa shape index (κ3) is 4.07. The number of hydrogen-bond donors (Lipinski definition) is 1. The van der Waals surface area contributed by atoms with Gasteiger partial charge in [0.05, 0.1) is 5.69 Å². The molecule has 0 aliphatic rings. The van der Waals surface area contributed by atoms with Crippen LogP contribution >= 0.6 is 0 Å². The van der Waals surface area contributed by atoms with E-state index < -0.39 is 0 Å². The first-order valence-corrected chi connectivity index (χ1v) is 7.92. The van der Waals surface area contributed by atoms with Gasteiger partial charge in [-0.05, 0) is 49.4 Å². The molecule has 7 heteroatoms. The molecule has 1 amide bonds. The number of hydrogen-bond acceptors (Lipinski definition) is 5. The Morgan fingerprint density at radius 1 is 1.00 bits per heavy atom. The molecule has 0 radical (unpaired) electrons. The van der Waals surface area contributed by atoms with Gasteiger partial charge in [-0.25, -0.2) is 4.68 Å². The molecule has 130 valence electrons. The minimum atomic E-state index is -0.387. The fourth-order valence-corrected chi connectivity index (χ4v) is 2.36. The van der Waals surface area contributed by atoms with Crippen LogP contribution < -0.4 is 10.9 Å². The van der Waals surface area contributed by atoms with E-state index in [0.29, 0.717) is 16.9 Å². The maximum absolute atomic E-state index is 12.2. The monoisotopic (exact) mass is 348 g/mol. The Morgan fingerprint density at radius 3 is 2.35 bits per heavy atom. The van der Waals surface area contributed by atoms with E-state index in [-0.39, 0.29) is 23.8 Å². The lowest BCUT2D eigenvalue weighted by Crippen LogP contribution is -2.29. The standard InChI is InChI=1S/C19H16N4O3/c1-13(24)14-2-4-16(5-3-14)21-18(25)12-23-19(26)7-6-17(22-23)15-8-10-20-11-9-15/h2-11H,12H2,1H3,(H,21,25). The van der Waals surface area contributed by atoms with Crippen LogP contribution in [0.25, 0.3) is 11.3 Å². The summed E-state index contributed by atoms with van der Waals surface area (Å²) >= 11 is 0. The first-order chi connectivity index (χ1) is 12.5. The molecule has 0 saturated carbocycles. The molecule has 0 unspecified atom stereocenters. The van der Waals surface area contributed by atoms with Crippen molar-refractivity contribution in [2.75, 3.05) is 5.32 Å². The Kier molecular flexibility index (Phi) is 4.98. The molecule has 0 aliphatic carbocycles. The highest BCUT2D eigenvalue weighted by Crippen LogP contribution is 2.13. The molecule has 0 aliphatic heterocycles. The quantitative estimate of drug-likeness (QED) is 0.713. The lowest BCUT2D eigenvalue weighted by molar-refractivity contribution is -0.117. The lowest BCUT2D eigenvalue weighted by atomic mass is 10.1. The Bertz CT molecular complexity index is 995. The Balaban J connectivity index is 1.74. The Labute approximate surface area is 149 Å². The van der Waals surface area contributed by atoms with Crippen molar-refractivity contribution in [3.05, 3.63) is 76.8 Å². The largest absolute Gasteiger partial charge is 0.324 e. The van der Waals surface area contributed by atoms with Gasteiger partial charge in [0.1, 0.15) is 6.54 Å². The van der Waals surface area contributed by atoms with E-state index in [4.69, 9.17) is 0 Å². The van der Waals surface area contributed by atoms with Crippen LogP contribution in [-0.4, -0.2) is 26.5 Å². The summed E-state index contributed by atoms with van der Waals surface area (Å²) in [6.45, 7) is 1.26. The molecule has 0 bridgehead atoms. The van der Waals surface area contributed by atoms with Gasteiger partial charge in [-0.15, -0.1) is 0 Å². The highest BCUT2D eigenvalue weighted by molar-refractivity contribution is 5.95. The van der Waals surface area contributed by atoms with Crippen LogP contribution in [0.3, 0.4) is 0 Å². The number of amides is 1. The summed E-state index contributed by atoms with van der Waals surface area (Å²) in [5, 5.41) is 6.92. The minimum Gasteiger partial charge on any atom is -0.324 e. The lowest BCUT2D eigenvalue weighted by Gasteiger charge is -2.08. The number of carbonyl (C=O) groups excluding carboxylic acids is 2. The number of pyridine rings is 1. The van der Waals surface area contributed by atoms with Gasteiger partial charge in [0.15, 0.2) is 5.78 Å². The predicted octanol–water partition coefficient (Wildman–Crippen LogP) is 2.15. The molecule has 26 heavy (non-hydrogen) atoms. The zero-order valence-electron chi connectivity index (χ0n) is 14.0. The van der Waals surface area contributed by atoms with E-state index in [0.717, 1.165) is 10.2 Å². The molecule has 1 N–H and O–H groups in total. The molecular formula is C19H16N4O3. The molecule has 0 saturated heterocycles. The summed E-state index contributed by atoms with van der Waals surface area (Å²) in [7, 11) is 0. The number of nitrogens with one attached hydrogen (secondary N) is 1. The van der Waals surface area contributed by atoms with Gasteiger partial charge in [-0.2, -0.15) is 5.10 Å². The minimum absolute atomic E-state index is 0.0495. The molecule has 3 aromatic rings. The number of benzene rings is 1. The maximum Gasteiger partial charge on any atom is 0.267 e. The number of carbonyl (C=O) groups is 2. The van der Waals surface area contributed by atoms with E-state index >= 15 is 0 Å². The highest BCUT2D eigenvalue weighted by atomic mass is 16.2. The molecule has 0 spiro atoms. The van der Waals surface area contributed by atoms with Crippen LogP contribution in [-0.2, 0) is 11.3 Å².